The standard InChI is InChI=1S/C20H14N4S/c25-20-13-14(7-10-23-20)15-11-18(16-5-1-3-8-21-16)24-19(12-15)17-6-2-4-9-22-17/h1-13H,(H,23,25). The lowest BCUT2D eigenvalue weighted by atomic mass is 10.0. The highest BCUT2D eigenvalue weighted by molar-refractivity contribution is 7.71. The molecule has 5 heteroatoms. The van der Waals surface area contributed by atoms with Crippen LogP contribution in [0.2, 0.25) is 0 Å². The SMILES string of the molecule is S=c1cc(-c2cc(-c3ccccn3)nc(-c3ccccn3)c2)cc[nH]1. The second-order valence-corrected chi connectivity index (χ2v) is 5.94. The quantitative estimate of drug-likeness (QED) is 0.536. The van der Waals surface area contributed by atoms with Gasteiger partial charge in [-0.3, -0.25) is 9.97 Å². The largest absolute Gasteiger partial charge is 0.353 e. The van der Waals surface area contributed by atoms with Crippen LogP contribution in [0.25, 0.3) is 33.9 Å². The first kappa shape index (κ1) is 15.4. The van der Waals surface area contributed by atoms with Crippen LogP contribution in [0.5, 0.6) is 0 Å². The van der Waals surface area contributed by atoms with E-state index in [2.05, 4.69) is 15.0 Å². The van der Waals surface area contributed by atoms with Crippen molar-refractivity contribution in [1.29, 1.82) is 0 Å². The van der Waals surface area contributed by atoms with Crippen LogP contribution in [0.4, 0.5) is 0 Å². The van der Waals surface area contributed by atoms with Gasteiger partial charge in [-0.1, -0.05) is 24.4 Å². The number of aromatic amines is 1. The summed E-state index contributed by atoms with van der Waals surface area (Å²) in [7, 11) is 0. The molecule has 120 valence electrons. The number of nitrogens with zero attached hydrogens (tertiary/aromatic N) is 3. The van der Waals surface area contributed by atoms with E-state index in [1.165, 1.54) is 0 Å². The van der Waals surface area contributed by atoms with E-state index in [0.717, 1.165) is 33.9 Å². The number of hydrogen-bond donors (Lipinski definition) is 1. The fourth-order valence-electron chi connectivity index (χ4n) is 2.61. The molecule has 4 heterocycles. The van der Waals surface area contributed by atoms with Crippen LogP contribution in [0.15, 0.2) is 79.3 Å². The van der Waals surface area contributed by atoms with Gasteiger partial charge < -0.3 is 4.98 Å². The van der Waals surface area contributed by atoms with Crippen molar-refractivity contribution in [2.75, 3.05) is 0 Å². The molecule has 0 spiro atoms. The minimum absolute atomic E-state index is 0.688. The summed E-state index contributed by atoms with van der Waals surface area (Å²) < 4.78 is 0.688. The average molecular weight is 342 g/mol. The van der Waals surface area contributed by atoms with Crippen molar-refractivity contribution in [2.45, 2.75) is 0 Å². The zero-order valence-corrected chi connectivity index (χ0v) is 14.1. The maximum absolute atomic E-state index is 5.26. The van der Waals surface area contributed by atoms with Crippen molar-refractivity contribution in [3.05, 3.63) is 83.9 Å². The number of pyridine rings is 4. The molecule has 1 N–H and O–H groups in total. The molecule has 0 bridgehead atoms. The summed E-state index contributed by atoms with van der Waals surface area (Å²) in [6.07, 6.45) is 5.38. The van der Waals surface area contributed by atoms with Crippen LogP contribution >= 0.6 is 12.2 Å². The molecule has 0 saturated heterocycles. The van der Waals surface area contributed by atoms with Crippen LogP contribution in [0, 0.1) is 4.64 Å². The Morgan fingerprint density at radius 1 is 0.680 bits per heavy atom. The highest BCUT2D eigenvalue weighted by atomic mass is 32.1. The zero-order valence-electron chi connectivity index (χ0n) is 13.3. The lowest BCUT2D eigenvalue weighted by Gasteiger charge is -2.09. The van der Waals surface area contributed by atoms with Crippen molar-refractivity contribution in [2.24, 2.45) is 0 Å². The van der Waals surface area contributed by atoms with Gasteiger partial charge in [-0.25, -0.2) is 4.98 Å². The smallest absolute Gasteiger partial charge is 0.103 e. The molecule has 4 nitrogen and oxygen atoms in total. The minimum atomic E-state index is 0.688. The lowest BCUT2D eigenvalue weighted by molar-refractivity contribution is 1.22. The maximum atomic E-state index is 5.26. The van der Waals surface area contributed by atoms with Gasteiger partial charge >= 0.3 is 0 Å². The Balaban J connectivity index is 1.94. The molecule has 4 aromatic rings. The fourth-order valence-corrected chi connectivity index (χ4v) is 2.81. The highest BCUT2D eigenvalue weighted by Gasteiger charge is 2.10. The van der Waals surface area contributed by atoms with E-state index in [0.29, 0.717) is 4.64 Å². The highest BCUT2D eigenvalue weighted by Crippen LogP contribution is 2.28. The van der Waals surface area contributed by atoms with Gasteiger partial charge in [-0.05, 0) is 59.7 Å². The van der Waals surface area contributed by atoms with Crippen LogP contribution in [-0.2, 0) is 0 Å². The summed E-state index contributed by atoms with van der Waals surface area (Å²) in [6, 6.07) is 19.6. The molecule has 0 aliphatic rings. The Labute approximate surface area is 150 Å². The summed E-state index contributed by atoms with van der Waals surface area (Å²) in [6.45, 7) is 0. The van der Waals surface area contributed by atoms with E-state index in [1.54, 1.807) is 12.4 Å². The molecule has 0 amide bonds. The molecule has 4 aromatic heterocycles. The van der Waals surface area contributed by atoms with Gasteiger partial charge in [0.15, 0.2) is 0 Å². The molecule has 0 aromatic carbocycles. The number of rotatable bonds is 3. The fraction of sp³-hybridized carbons (Fsp3) is 0. The van der Waals surface area contributed by atoms with Crippen molar-refractivity contribution in [3.63, 3.8) is 0 Å². The van der Waals surface area contributed by atoms with Gasteiger partial charge in [0.05, 0.1) is 22.8 Å². The molecule has 0 unspecified atom stereocenters. The van der Waals surface area contributed by atoms with E-state index < -0.39 is 0 Å². The molecule has 4 rings (SSSR count). The first-order valence-corrected chi connectivity index (χ1v) is 8.24. The van der Waals surface area contributed by atoms with Gasteiger partial charge in [0.2, 0.25) is 0 Å². The second kappa shape index (κ2) is 6.75. The Bertz CT molecular complexity index is 1000. The van der Waals surface area contributed by atoms with E-state index in [4.69, 9.17) is 17.2 Å². The van der Waals surface area contributed by atoms with E-state index in [9.17, 15) is 0 Å². The summed E-state index contributed by atoms with van der Waals surface area (Å²) in [5.41, 5.74) is 5.30. The second-order valence-electron chi connectivity index (χ2n) is 5.50. The van der Waals surface area contributed by atoms with Crippen molar-refractivity contribution < 1.29 is 0 Å². The van der Waals surface area contributed by atoms with Gasteiger partial charge in [-0.2, -0.15) is 0 Å². The molecule has 0 aliphatic heterocycles. The average Bonchev–Trinajstić information content (AvgIpc) is 2.69. The Kier molecular flexibility index (Phi) is 4.14. The number of nitrogens with one attached hydrogen (secondary N) is 1. The molecule has 0 radical (unpaired) electrons. The first-order valence-electron chi connectivity index (χ1n) is 7.84. The first-order chi connectivity index (χ1) is 12.3. The molecular weight excluding hydrogens is 328 g/mol. The van der Waals surface area contributed by atoms with Crippen LogP contribution < -0.4 is 0 Å². The van der Waals surface area contributed by atoms with Crippen LogP contribution in [0.1, 0.15) is 0 Å². The van der Waals surface area contributed by atoms with E-state index in [1.807, 2.05) is 66.9 Å². The predicted octanol–water partition coefficient (Wildman–Crippen LogP) is 4.93. The molecule has 0 aliphatic carbocycles. The van der Waals surface area contributed by atoms with Crippen LogP contribution in [-0.4, -0.2) is 19.9 Å². The number of H-pyrrole nitrogens is 1. The lowest BCUT2D eigenvalue weighted by Crippen LogP contribution is -1.94. The van der Waals surface area contributed by atoms with Crippen molar-refractivity contribution in [3.8, 4) is 33.9 Å². The maximum Gasteiger partial charge on any atom is 0.103 e. The predicted molar refractivity (Wildman–Crippen MR) is 101 cm³/mol. The van der Waals surface area contributed by atoms with Crippen molar-refractivity contribution >= 4 is 12.2 Å². The van der Waals surface area contributed by atoms with E-state index >= 15 is 0 Å². The Morgan fingerprint density at radius 2 is 1.32 bits per heavy atom. The van der Waals surface area contributed by atoms with Gasteiger partial charge in [0.25, 0.3) is 0 Å². The monoisotopic (exact) mass is 342 g/mol. The third-order valence-corrected chi connectivity index (χ3v) is 4.02. The van der Waals surface area contributed by atoms with Gasteiger partial charge in [0, 0.05) is 18.6 Å². The molecular formula is C20H14N4S. The zero-order chi connectivity index (χ0) is 17.1. The summed E-state index contributed by atoms with van der Waals surface area (Å²) >= 11 is 5.26. The van der Waals surface area contributed by atoms with E-state index in [-0.39, 0.29) is 0 Å². The van der Waals surface area contributed by atoms with Gasteiger partial charge in [0.1, 0.15) is 4.64 Å². The summed E-state index contributed by atoms with van der Waals surface area (Å²) in [4.78, 5) is 16.6. The number of hydrogen-bond acceptors (Lipinski definition) is 4. The Hall–Kier alpha value is -3.18. The normalized spacial score (nSPS) is 10.6. The summed E-state index contributed by atoms with van der Waals surface area (Å²) in [5.74, 6) is 0. The molecule has 0 fully saturated rings. The third-order valence-electron chi connectivity index (χ3n) is 3.79. The van der Waals surface area contributed by atoms with Crippen LogP contribution in [0.3, 0.4) is 0 Å². The minimum Gasteiger partial charge on any atom is -0.353 e. The van der Waals surface area contributed by atoms with Gasteiger partial charge in [-0.15, -0.1) is 0 Å². The topological polar surface area (TPSA) is 54.5 Å². The summed E-state index contributed by atoms with van der Waals surface area (Å²) in [5, 5.41) is 0. The third kappa shape index (κ3) is 3.36. The molecule has 0 atom stereocenters. The Morgan fingerprint density at radius 3 is 1.84 bits per heavy atom. The molecule has 0 saturated carbocycles. The van der Waals surface area contributed by atoms with Crippen molar-refractivity contribution in [1.82, 2.24) is 19.9 Å². The molecule has 25 heavy (non-hydrogen) atoms. The number of aromatic nitrogens is 4.